The molecule has 1 aromatic heterocycles. The van der Waals surface area contributed by atoms with Crippen molar-refractivity contribution >= 4 is 34.8 Å². The Balaban J connectivity index is 1.61. The van der Waals surface area contributed by atoms with Crippen LogP contribution >= 0.6 is 11.3 Å². The number of carboxylic acid groups (broad SMARTS) is 1. The number of hydrogen-bond acceptors (Lipinski definition) is 4. The molecule has 6 nitrogen and oxygen atoms in total. The number of anilines is 1. The zero-order valence-electron chi connectivity index (χ0n) is 15.1. The summed E-state index contributed by atoms with van der Waals surface area (Å²) < 4.78 is 0. The van der Waals surface area contributed by atoms with E-state index in [0.29, 0.717) is 17.2 Å². The highest BCUT2D eigenvalue weighted by Gasteiger charge is 2.23. The van der Waals surface area contributed by atoms with E-state index in [1.165, 1.54) is 10.4 Å². The number of hydrogen-bond donors (Lipinski definition) is 3. The van der Waals surface area contributed by atoms with Crippen molar-refractivity contribution in [1.82, 2.24) is 5.32 Å². The van der Waals surface area contributed by atoms with Crippen LogP contribution in [0, 0.1) is 5.92 Å². The van der Waals surface area contributed by atoms with Gasteiger partial charge >= 0.3 is 5.97 Å². The molecule has 1 heterocycles. The SMILES string of the molecule is CC1CCc2c(C(=O)Nc3ccc(C(=O)NCCC(=O)O)cc3)csc2C1. The fourth-order valence-electron chi connectivity index (χ4n) is 3.16. The van der Waals surface area contributed by atoms with Gasteiger partial charge < -0.3 is 15.7 Å². The van der Waals surface area contributed by atoms with Crippen LogP contribution in [0.15, 0.2) is 29.6 Å². The molecule has 2 aromatic rings. The van der Waals surface area contributed by atoms with Crippen LogP contribution in [0.3, 0.4) is 0 Å². The van der Waals surface area contributed by atoms with Crippen LogP contribution in [0.2, 0.25) is 0 Å². The Morgan fingerprint density at radius 2 is 1.93 bits per heavy atom. The lowest BCUT2D eigenvalue weighted by Gasteiger charge is -2.18. The monoisotopic (exact) mass is 386 g/mol. The summed E-state index contributed by atoms with van der Waals surface area (Å²) in [6.07, 6.45) is 2.97. The van der Waals surface area contributed by atoms with Crippen molar-refractivity contribution in [3.05, 3.63) is 51.2 Å². The molecule has 0 radical (unpaired) electrons. The fourth-order valence-corrected chi connectivity index (χ4v) is 4.40. The number of carboxylic acids is 1. The smallest absolute Gasteiger partial charge is 0.305 e. The first-order valence-electron chi connectivity index (χ1n) is 8.94. The molecule has 3 N–H and O–H groups in total. The van der Waals surface area contributed by atoms with Crippen LogP contribution in [0.1, 0.15) is 50.9 Å². The first kappa shape index (κ1) is 19.1. The minimum Gasteiger partial charge on any atom is -0.481 e. The number of carbonyl (C=O) groups excluding carboxylic acids is 2. The Morgan fingerprint density at radius 1 is 1.19 bits per heavy atom. The van der Waals surface area contributed by atoms with Crippen molar-refractivity contribution < 1.29 is 19.5 Å². The van der Waals surface area contributed by atoms with Crippen molar-refractivity contribution in [1.29, 1.82) is 0 Å². The number of rotatable bonds is 6. The maximum atomic E-state index is 12.6. The van der Waals surface area contributed by atoms with E-state index in [4.69, 9.17) is 5.11 Å². The molecule has 1 aliphatic rings. The molecule has 27 heavy (non-hydrogen) atoms. The molecule has 1 aliphatic carbocycles. The lowest BCUT2D eigenvalue weighted by atomic mass is 9.88. The fraction of sp³-hybridized carbons (Fsp3) is 0.350. The summed E-state index contributed by atoms with van der Waals surface area (Å²) in [5.41, 5.74) is 2.95. The summed E-state index contributed by atoms with van der Waals surface area (Å²) >= 11 is 1.66. The number of aliphatic carboxylic acids is 1. The van der Waals surface area contributed by atoms with E-state index in [0.717, 1.165) is 24.8 Å². The average molecular weight is 386 g/mol. The Hall–Kier alpha value is -2.67. The van der Waals surface area contributed by atoms with Crippen molar-refractivity contribution in [2.45, 2.75) is 32.6 Å². The number of fused-ring (bicyclic) bond motifs is 1. The maximum absolute atomic E-state index is 12.6. The standard InChI is InChI=1S/C20H22N2O4S/c1-12-2-7-15-16(11-27-17(15)10-12)20(26)22-14-5-3-13(4-6-14)19(25)21-9-8-18(23)24/h3-6,11-12H,2,7-10H2,1H3,(H,21,25)(H,22,26)(H,23,24). The molecule has 0 saturated heterocycles. The van der Waals surface area contributed by atoms with Gasteiger partial charge in [-0.05, 0) is 55.0 Å². The highest BCUT2D eigenvalue weighted by Crippen LogP contribution is 2.33. The van der Waals surface area contributed by atoms with Gasteiger partial charge in [-0.15, -0.1) is 11.3 Å². The molecule has 0 aliphatic heterocycles. The highest BCUT2D eigenvalue weighted by molar-refractivity contribution is 7.10. The van der Waals surface area contributed by atoms with Crippen molar-refractivity contribution in [2.24, 2.45) is 5.92 Å². The minimum atomic E-state index is -0.960. The predicted molar refractivity (Wildman–Crippen MR) is 104 cm³/mol. The average Bonchev–Trinajstić information content (AvgIpc) is 3.05. The van der Waals surface area contributed by atoms with Gasteiger partial charge in [-0.1, -0.05) is 6.92 Å². The van der Waals surface area contributed by atoms with Gasteiger partial charge in [0, 0.05) is 28.1 Å². The zero-order chi connectivity index (χ0) is 19.4. The molecule has 1 unspecified atom stereocenters. The predicted octanol–water partition coefficient (Wildman–Crippen LogP) is 3.33. The molecular formula is C20H22N2O4S. The second-order valence-corrected chi connectivity index (χ2v) is 7.79. The van der Waals surface area contributed by atoms with Crippen LogP contribution < -0.4 is 10.6 Å². The summed E-state index contributed by atoms with van der Waals surface area (Å²) in [6.45, 7) is 2.32. The summed E-state index contributed by atoms with van der Waals surface area (Å²) in [4.78, 5) is 36.3. The van der Waals surface area contributed by atoms with Gasteiger partial charge in [-0.3, -0.25) is 14.4 Å². The second-order valence-electron chi connectivity index (χ2n) is 6.83. The van der Waals surface area contributed by atoms with Crippen molar-refractivity contribution in [3.63, 3.8) is 0 Å². The topological polar surface area (TPSA) is 95.5 Å². The molecule has 0 bridgehead atoms. The van der Waals surface area contributed by atoms with Crippen molar-refractivity contribution in [2.75, 3.05) is 11.9 Å². The normalized spacial score (nSPS) is 15.7. The van der Waals surface area contributed by atoms with Crippen LogP contribution in [0.5, 0.6) is 0 Å². The van der Waals surface area contributed by atoms with Gasteiger partial charge in [0.15, 0.2) is 0 Å². The highest BCUT2D eigenvalue weighted by atomic mass is 32.1. The van der Waals surface area contributed by atoms with Crippen molar-refractivity contribution in [3.8, 4) is 0 Å². The quantitative estimate of drug-likeness (QED) is 0.710. The van der Waals surface area contributed by atoms with Gasteiger partial charge in [0.05, 0.1) is 12.0 Å². The molecule has 1 aromatic carbocycles. The van der Waals surface area contributed by atoms with Gasteiger partial charge in [0.2, 0.25) is 0 Å². The van der Waals surface area contributed by atoms with Gasteiger partial charge in [0.1, 0.15) is 0 Å². The van der Waals surface area contributed by atoms with E-state index in [1.54, 1.807) is 35.6 Å². The van der Waals surface area contributed by atoms with Crippen LogP contribution in [-0.4, -0.2) is 29.4 Å². The number of nitrogens with one attached hydrogen (secondary N) is 2. The molecule has 3 rings (SSSR count). The Morgan fingerprint density at radius 3 is 2.63 bits per heavy atom. The van der Waals surface area contributed by atoms with Gasteiger partial charge in [-0.2, -0.15) is 0 Å². The Labute approximate surface area is 161 Å². The van der Waals surface area contributed by atoms with E-state index in [2.05, 4.69) is 17.6 Å². The summed E-state index contributed by atoms with van der Waals surface area (Å²) in [5, 5.41) is 16.0. The van der Waals surface area contributed by atoms with E-state index >= 15 is 0 Å². The van der Waals surface area contributed by atoms with Crippen LogP contribution in [0.25, 0.3) is 0 Å². The third-order valence-corrected chi connectivity index (χ3v) is 5.73. The molecular weight excluding hydrogens is 364 g/mol. The molecule has 2 amide bonds. The number of thiophene rings is 1. The van der Waals surface area contributed by atoms with E-state index in [1.807, 2.05) is 5.38 Å². The van der Waals surface area contributed by atoms with E-state index in [9.17, 15) is 14.4 Å². The third kappa shape index (κ3) is 4.74. The van der Waals surface area contributed by atoms with E-state index in [-0.39, 0.29) is 24.8 Å². The summed E-state index contributed by atoms with van der Waals surface area (Å²) in [7, 11) is 0. The molecule has 0 fully saturated rings. The van der Waals surface area contributed by atoms with Crippen LogP contribution in [0.4, 0.5) is 5.69 Å². The first-order valence-corrected chi connectivity index (χ1v) is 9.82. The molecule has 1 atom stereocenters. The van der Waals surface area contributed by atoms with Gasteiger partial charge in [0.25, 0.3) is 11.8 Å². The third-order valence-electron chi connectivity index (χ3n) is 4.68. The Bertz CT molecular complexity index is 857. The van der Waals surface area contributed by atoms with Gasteiger partial charge in [-0.25, -0.2) is 0 Å². The summed E-state index contributed by atoms with van der Waals surface area (Å²) in [6, 6.07) is 6.56. The number of amides is 2. The molecule has 0 spiro atoms. The largest absolute Gasteiger partial charge is 0.481 e. The van der Waals surface area contributed by atoms with Crippen LogP contribution in [-0.2, 0) is 17.6 Å². The minimum absolute atomic E-state index is 0.0779. The first-order chi connectivity index (χ1) is 12.9. The molecule has 142 valence electrons. The zero-order valence-corrected chi connectivity index (χ0v) is 15.9. The lowest BCUT2D eigenvalue weighted by molar-refractivity contribution is -0.136. The van der Waals surface area contributed by atoms with E-state index < -0.39 is 5.97 Å². The number of benzene rings is 1. The maximum Gasteiger partial charge on any atom is 0.305 e. The molecule has 7 heteroatoms. The summed E-state index contributed by atoms with van der Waals surface area (Å²) in [5.74, 6) is -0.754. The molecule has 0 saturated carbocycles. The Kier molecular flexibility index (Phi) is 5.91. The second kappa shape index (κ2) is 8.35. The number of carbonyl (C=O) groups is 3. The lowest BCUT2D eigenvalue weighted by Crippen LogP contribution is -2.25.